The number of aromatic nitrogens is 3. The van der Waals surface area contributed by atoms with Crippen molar-refractivity contribution >= 4 is 17.5 Å². The molecule has 1 amide bonds. The molecule has 4 rings (SSSR count). The number of benzene rings is 1. The Labute approximate surface area is 155 Å². The van der Waals surface area contributed by atoms with Crippen LogP contribution in [0.25, 0.3) is 11.3 Å². The summed E-state index contributed by atoms with van der Waals surface area (Å²) in [5, 5.41) is 3.60. The lowest BCUT2D eigenvalue weighted by atomic mass is 10.1. The average Bonchev–Trinajstić information content (AvgIpc) is 3.10. The van der Waals surface area contributed by atoms with E-state index in [1.807, 2.05) is 30.5 Å². The van der Waals surface area contributed by atoms with Crippen LogP contribution in [0.2, 0.25) is 5.02 Å². The fourth-order valence-electron chi connectivity index (χ4n) is 2.96. The first-order valence-electron chi connectivity index (χ1n) is 8.31. The van der Waals surface area contributed by atoms with E-state index in [1.165, 1.54) is 0 Å². The van der Waals surface area contributed by atoms with Crippen molar-refractivity contribution in [3.63, 3.8) is 0 Å². The first-order valence-corrected chi connectivity index (χ1v) is 8.68. The Hall–Kier alpha value is -2.70. The average molecular weight is 369 g/mol. The molecule has 1 atom stereocenters. The molecule has 0 bridgehead atoms. The van der Waals surface area contributed by atoms with E-state index in [1.54, 1.807) is 24.5 Å². The van der Waals surface area contributed by atoms with Gasteiger partial charge in [-0.15, -0.1) is 0 Å². The quantitative estimate of drug-likeness (QED) is 0.768. The SMILES string of the molecule is O=C(NC[C@H]1Cn2c(-c3ccc(Cl)cc3)cnc2CO1)c1cccnc1. The molecule has 0 saturated carbocycles. The Balaban J connectivity index is 1.45. The molecule has 1 aliphatic heterocycles. The first-order chi connectivity index (χ1) is 12.7. The summed E-state index contributed by atoms with van der Waals surface area (Å²) in [5.41, 5.74) is 2.60. The van der Waals surface area contributed by atoms with Gasteiger partial charge in [0.2, 0.25) is 0 Å². The second-order valence-corrected chi connectivity index (χ2v) is 6.50. The van der Waals surface area contributed by atoms with E-state index in [-0.39, 0.29) is 12.0 Å². The van der Waals surface area contributed by atoms with Crippen LogP contribution in [0.15, 0.2) is 55.0 Å². The van der Waals surface area contributed by atoms with Crippen molar-refractivity contribution in [3.8, 4) is 11.3 Å². The van der Waals surface area contributed by atoms with Crippen molar-refractivity contribution in [3.05, 3.63) is 71.4 Å². The Morgan fingerprint density at radius 3 is 2.88 bits per heavy atom. The highest BCUT2D eigenvalue weighted by molar-refractivity contribution is 6.30. The minimum absolute atomic E-state index is 0.122. The van der Waals surface area contributed by atoms with Crippen molar-refractivity contribution in [2.45, 2.75) is 19.3 Å². The molecule has 0 aliphatic carbocycles. The summed E-state index contributed by atoms with van der Waals surface area (Å²) >= 11 is 5.97. The number of ether oxygens (including phenoxy) is 1. The van der Waals surface area contributed by atoms with Gasteiger partial charge in [-0.25, -0.2) is 4.98 Å². The molecule has 1 N–H and O–H groups in total. The number of carbonyl (C=O) groups is 1. The van der Waals surface area contributed by atoms with Gasteiger partial charge in [-0.05, 0) is 29.8 Å². The van der Waals surface area contributed by atoms with E-state index < -0.39 is 0 Å². The smallest absolute Gasteiger partial charge is 0.252 e. The molecule has 2 aromatic heterocycles. The summed E-state index contributed by atoms with van der Waals surface area (Å²) in [4.78, 5) is 20.6. The third-order valence-electron chi connectivity index (χ3n) is 4.33. The summed E-state index contributed by atoms with van der Waals surface area (Å²) < 4.78 is 7.96. The molecule has 0 saturated heterocycles. The number of halogens is 1. The first kappa shape index (κ1) is 16.8. The molecule has 1 aromatic carbocycles. The largest absolute Gasteiger partial charge is 0.367 e. The van der Waals surface area contributed by atoms with Crippen molar-refractivity contribution in [1.82, 2.24) is 19.9 Å². The zero-order valence-electron chi connectivity index (χ0n) is 13.9. The van der Waals surface area contributed by atoms with Gasteiger partial charge in [-0.1, -0.05) is 23.7 Å². The summed E-state index contributed by atoms with van der Waals surface area (Å²) in [6, 6.07) is 11.1. The molecule has 0 unspecified atom stereocenters. The van der Waals surface area contributed by atoms with Crippen LogP contribution >= 0.6 is 11.6 Å². The number of rotatable bonds is 4. The fourth-order valence-corrected chi connectivity index (χ4v) is 3.09. The van der Waals surface area contributed by atoms with Gasteiger partial charge < -0.3 is 14.6 Å². The zero-order chi connectivity index (χ0) is 17.9. The van der Waals surface area contributed by atoms with Gasteiger partial charge in [0.15, 0.2) is 0 Å². The lowest BCUT2D eigenvalue weighted by Crippen LogP contribution is -2.39. The van der Waals surface area contributed by atoms with Crippen molar-refractivity contribution in [2.24, 2.45) is 0 Å². The predicted molar refractivity (Wildman–Crippen MR) is 97.8 cm³/mol. The normalized spacial score (nSPS) is 16.1. The Morgan fingerprint density at radius 2 is 2.12 bits per heavy atom. The molecule has 6 nitrogen and oxygen atoms in total. The third kappa shape index (κ3) is 3.47. The van der Waals surface area contributed by atoms with Crippen LogP contribution in [0.3, 0.4) is 0 Å². The van der Waals surface area contributed by atoms with Gasteiger partial charge in [-0.2, -0.15) is 0 Å². The standard InChI is InChI=1S/C19H17ClN4O2/c20-15-5-3-13(4-6-15)17-10-22-18-12-26-16(11-24(17)18)9-23-19(25)14-2-1-7-21-8-14/h1-8,10,16H,9,11-12H2,(H,23,25)/t16-/m0/s1. The number of fused-ring (bicyclic) bond motifs is 1. The highest BCUT2D eigenvalue weighted by atomic mass is 35.5. The van der Waals surface area contributed by atoms with E-state index >= 15 is 0 Å². The molecule has 26 heavy (non-hydrogen) atoms. The van der Waals surface area contributed by atoms with Gasteiger partial charge in [0.25, 0.3) is 5.91 Å². The third-order valence-corrected chi connectivity index (χ3v) is 4.58. The van der Waals surface area contributed by atoms with Gasteiger partial charge in [0.1, 0.15) is 12.4 Å². The summed E-state index contributed by atoms with van der Waals surface area (Å²) in [6.07, 6.45) is 4.91. The van der Waals surface area contributed by atoms with Crippen molar-refractivity contribution in [1.29, 1.82) is 0 Å². The molecular weight excluding hydrogens is 352 g/mol. The van der Waals surface area contributed by atoms with Crippen LogP contribution in [0.5, 0.6) is 0 Å². The number of nitrogens with zero attached hydrogens (tertiary/aromatic N) is 3. The van der Waals surface area contributed by atoms with Crippen LogP contribution in [-0.2, 0) is 17.9 Å². The van der Waals surface area contributed by atoms with Crippen LogP contribution in [0.1, 0.15) is 16.2 Å². The van der Waals surface area contributed by atoms with E-state index in [4.69, 9.17) is 16.3 Å². The Bertz CT molecular complexity index is 909. The van der Waals surface area contributed by atoms with Crippen LogP contribution in [0, 0.1) is 0 Å². The van der Waals surface area contributed by atoms with Crippen LogP contribution < -0.4 is 5.32 Å². The lowest BCUT2D eigenvalue weighted by molar-refractivity contribution is 0.00374. The molecule has 3 aromatic rings. The van der Waals surface area contributed by atoms with Crippen molar-refractivity contribution in [2.75, 3.05) is 6.54 Å². The Kier molecular flexibility index (Phi) is 4.69. The second kappa shape index (κ2) is 7.27. The van der Waals surface area contributed by atoms with Crippen molar-refractivity contribution < 1.29 is 9.53 Å². The van der Waals surface area contributed by atoms with E-state index in [2.05, 4.69) is 19.9 Å². The highest BCUT2D eigenvalue weighted by Crippen LogP contribution is 2.26. The maximum atomic E-state index is 12.2. The molecule has 0 radical (unpaired) electrons. The van der Waals surface area contributed by atoms with E-state index in [0.29, 0.717) is 30.3 Å². The number of imidazole rings is 1. The maximum absolute atomic E-state index is 12.2. The number of amides is 1. The van der Waals surface area contributed by atoms with Gasteiger partial charge in [-0.3, -0.25) is 9.78 Å². The molecule has 7 heteroatoms. The predicted octanol–water partition coefficient (Wildman–Crippen LogP) is 2.93. The van der Waals surface area contributed by atoms with Crippen LogP contribution in [0.4, 0.5) is 0 Å². The maximum Gasteiger partial charge on any atom is 0.252 e. The van der Waals surface area contributed by atoms with E-state index in [9.17, 15) is 4.79 Å². The minimum Gasteiger partial charge on any atom is -0.367 e. The van der Waals surface area contributed by atoms with Gasteiger partial charge in [0.05, 0.1) is 30.1 Å². The molecule has 1 aliphatic rings. The zero-order valence-corrected chi connectivity index (χ0v) is 14.7. The number of carbonyl (C=O) groups excluding carboxylic acids is 1. The minimum atomic E-state index is -0.156. The summed E-state index contributed by atoms with van der Waals surface area (Å²) in [6.45, 7) is 1.47. The number of pyridine rings is 1. The fraction of sp³-hybridized carbons (Fsp3) is 0.211. The monoisotopic (exact) mass is 368 g/mol. The Morgan fingerprint density at radius 1 is 1.27 bits per heavy atom. The number of hydrogen-bond acceptors (Lipinski definition) is 4. The summed E-state index contributed by atoms with van der Waals surface area (Å²) in [5.74, 6) is 0.723. The van der Waals surface area contributed by atoms with Gasteiger partial charge in [0, 0.05) is 24.0 Å². The van der Waals surface area contributed by atoms with E-state index in [0.717, 1.165) is 17.1 Å². The molecule has 0 spiro atoms. The molecular formula is C19H17ClN4O2. The molecule has 132 valence electrons. The molecule has 3 heterocycles. The molecule has 0 fully saturated rings. The van der Waals surface area contributed by atoms with Crippen LogP contribution in [-0.4, -0.2) is 33.1 Å². The number of hydrogen-bond donors (Lipinski definition) is 1. The number of nitrogens with one attached hydrogen (secondary N) is 1. The van der Waals surface area contributed by atoms with Gasteiger partial charge >= 0.3 is 0 Å². The highest BCUT2D eigenvalue weighted by Gasteiger charge is 2.23. The second-order valence-electron chi connectivity index (χ2n) is 6.06. The lowest BCUT2D eigenvalue weighted by Gasteiger charge is -2.26. The topological polar surface area (TPSA) is 69.0 Å². The summed E-state index contributed by atoms with van der Waals surface area (Å²) in [7, 11) is 0.